The van der Waals surface area contributed by atoms with E-state index in [9.17, 15) is 4.79 Å². The van der Waals surface area contributed by atoms with Gasteiger partial charge in [0.15, 0.2) is 0 Å². The lowest BCUT2D eigenvalue weighted by Crippen LogP contribution is -2.22. The normalized spacial score (nSPS) is 10.5. The van der Waals surface area contributed by atoms with Gasteiger partial charge >= 0.3 is 0 Å². The van der Waals surface area contributed by atoms with Crippen molar-refractivity contribution >= 4 is 16.7 Å². The van der Waals surface area contributed by atoms with Crippen molar-refractivity contribution in [1.29, 1.82) is 0 Å². The molecule has 4 heteroatoms. The first kappa shape index (κ1) is 16.8. The van der Waals surface area contributed by atoms with Crippen LogP contribution in [0.25, 0.3) is 10.8 Å². The molecule has 25 heavy (non-hydrogen) atoms. The van der Waals surface area contributed by atoms with Crippen LogP contribution >= 0.6 is 0 Å². The predicted octanol–water partition coefficient (Wildman–Crippen LogP) is 4.13. The first-order valence-electron chi connectivity index (χ1n) is 8.09. The third kappa shape index (κ3) is 3.58. The number of hydrogen-bond acceptors (Lipinski definition) is 3. The molecule has 3 aromatic carbocycles. The van der Waals surface area contributed by atoms with Gasteiger partial charge in [-0.2, -0.15) is 0 Å². The van der Waals surface area contributed by atoms with Gasteiger partial charge in [0.1, 0.15) is 18.1 Å². The maximum atomic E-state index is 12.7. The Kier molecular flexibility index (Phi) is 4.89. The molecule has 0 N–H and O–H groups in total. The van der Waals surface area contributed by atoms with E-state index in [4.69, 9.17) is 9.47 Å². The van der Waals surface area contributed by atoms with Crippen LogP contribution in [0.5, 0.6) is 11.5 Å². The van der Waals surface area contributed by atoms with E-state index in [1.807, 2.05) is 60.7 Å². The number of nitrogens with zero attached hydrogens (tertiary/aromatic N) is 1. The molecule has 128 valence electrons. The van der Waals surface area contributed by atoms with E-state index in [1.165, 1.54) is 0 Å². The molecule has 0 radical (unpaired) electrons. The topological polar surface area (TPSA) is 38.8 Å². The smallest absolute Gasteiger partial charge is 0.257 e. The van der Waals surface area contributed by atoms with Crippen LogP contribution < -0.4 is 9.47 Å². The Morgan fingerprint density at radius 3 is 2.36 bits per heavy atom. The zero-order valence-corrected chi connectivity index (χ0v) is 14.7. The SMILES string of the molecule is COc1ccc(COc2ccc3ccccc3c2C(=O)N(C)C)cc1. The summed E-state index contributed by atoms with van der Waals surface area (Å²) in [6, 6.07) is 19.4. The van der Waals surface area contributed by atoms with Crippen LogP contribution in [0.4, 0.5) is 0 Å². The van der Waals surface area contributed by atoms with Crippen LogP contribution in [0.15, 0.2) is 60.7 Å². The number of fused-ring (bicyclic) bond motifs is 1. The minimum absolute atomic E-state index is 0.0680. The standard InChI is InChI=1S/C21H21NO3/c1-22(2)21(23)20-18-7-5-4-6-16(18)10-13-19(20)25-14-15-8-11-17(24-3)12-9-15/h4-13H,14H2,1-3H3. The summed E-state index contributed by atoms with van der Waals surface area (Å²) in [5.41, 5.74) is 1.61. The maximum absolute atomic E-state index is 12.7. The molecule has 0 saturated carbocycles. The van der Waals surface area contributed by atoms with Gasteiger partial charge in [0.25, 0.3) is 5.91 Å². The van der Waals surface area contributed by atoms with E-state index in [0.29, 0.717) is 17.9 Å². The van der Waals surface area contributed by atoms with Gasteiger partial charge in [-0.05, 0) is 34.5 Å². The number of carbonyl (C=O) groups is 1. The Bertz CT molecular complexity index is 885. The van der Waals surface area contributed by atoms with E-state index in [-0.39, 0.29) is 5.91 Å². The highest BCUT2D eigenvalue weighted by Gasteiger charge is 2.18. The van der Waals surface area contributed by atoms with Crippen LogP contribution in [0.2, 0.25) is 0 Å². The van der Waals surface area contributed by atoms with Crippen molar-refractivity contribution in [3.05, 3.63) is 71.8 Å². The van der Waals surface area contributed by atoms with Crippen molar-refractivity contribution in [3.8, 4) is 11.5 Å². The van der Waals surface area contributed by atoms with Crippen molar-refractivity contribution in [3.63, 3.8) is 0 Å². The summed E-state index contributed by atoms with van der Waals surface area (Å²) in [4.78, 5) is 14.3. The third-order valence-electron chi connectivity index (χ3n) is 4.06. The average molecular weight is 335 g/mol. The largest absolute Gasteiger partial charge is 0.497 e. The second-order valence-corrected chi connectivity index (χ2v) is 6.00. The lowest BCUT2D eigenvalue weighted by atomic mass is 10.0. The fourth-order valence-corrected chi connectivity index (χ4v) is 2.70. The van der Waals surface area contributed by atoms with Crippen LogP contribution in [0, 0.1) is 0 Å². The predicted molar refractivity (Wildman–Crippen MR) is 99.3 cm³/mol. The number of rotatable bonds is 5. The fraction of sp³-hybridized carbons (Fsp3) is 0.190. The van der Waals surface area contributed by atoms with Gasteiger partial charge in [0.05, 0.1) is 12.7 Å². The Morgan fingerprint density at radius 2 is 1.68 bits per heavy atom. The van der Waals surface area contributed by atoms with E-state index in [1.54, 1.807) is 26.1 Å². The van der Waals surface area contributed by atoms with Gasteiger partial charge in [0.2, 0.25) is 0 Å². The highest BCUT2D eigenvalue weighted by atomic mass is 16.5. The molecule has 1 amide bonds. The summed E-state index contributed by atoms with van der Waals surface area (Å²) in [5.74, 6) is 1.33. The fourth-order valence-electron chi connectivity index (χ4n) is 2.70. The lowest BCUT2D eigenvalue weighted by Gasteiger charge is -2.17. The summed E-state index contributed by atoms with van der Waals surface area (Å²) < 4.78 is 11.2. The molecular weight excluding hydrogens is 314 g/mol. The van der Waals surface area contributed by atoms with Gasteiger partial charge in [-0.3, -0.25) is 4.79 Å². The summed E-state index contributed by atoms with van der Waals surface area (Å²) in [5, 5.41) is 1.91. The molecule has 0 saturated heterocycles. The Labute approximate surface area is 147 Å². The maximum Gasteiger partial charge on any atom is 0.257 e. The summed E-state index contributed by atoms with van der Waals surface area (Å²) >= 11 is 0. The van der Waals surface area contributed by atoms with Crippen LogP contribution in [-0.4, -0.2) is 32.0 Å². The molecule has 4 nitrogen and oxygen atoms in total. The summed E-state index contributed by atoms with van der Waals surface area (Å²) in [6.45, 7) is 0.385. The van der Waals surface area contributed by atoms with E-state index in [0.717, 1.165) is 22.1 Å². The second-order valence-electron chi connectivity index (χ2n) is 6.00. The quantitative estimate of drug-likeness (QED) is 0.704. The van der Waals surface area contributed by atoms with Crippen molar-refractivity contribution < 1.29 is 14.3 Å². The minimum atomic E-state index is -0.0680. The van der Waals surface area contributed by atoms with E-state index >= 15 is 0 Å². The summed E-state index contributed by atoms with van der Waals surface area (Å²) in [6.07, 6.45) is 0. The molecule has 0 heterocycles. The molecule has 0 aliphatic heterocycles. The Morgan fingerprint density at radius 1 is 0.960 bits per heavy atom. The van der Waals surface area contributed by atoms with Crippen LogP contribution in [0.1, 0.15) is 15.9 Å². The average Bonchev–Trinajstić information content (AvgIpc) is 2.65. The van der Waals surface area contributed by atoms with E-state index in [2.05, 4.69) is 0 Å². The number of hydrogen-bond donors (Lipinski definition) is 0. The molecule has 0 atom stereocenters. The molecule has 0 spiro atoms. The third-order valence-corrected chi connectivity index (χ3v) is 4.06. The number of benzene rings is 3. The first-order valence-corrected chi connectivity index (χ1v) is 8.09. The summed E-state index contributed by atoms with van der Waals surface area (Å²) in [7, 11) is 5.13. The molecule has 0 fully saturated rings. The van der Waals surface area contributed by atoms with Gasteiger partial charge < -0.3 is 14.4 Å². The number of ether oxygens (including phenoxy) is 2. The van der Waals surface area contributed by atoms with Crippen molar-refractivity contribution in [2.24, 2.45) is 0 Å². The Balaban J connectivity index is 1.94. The zero-order chi connectivity index (χ0) is 17.8. The van der Waals surface area contributed by atoms with Gasteiger partial charge in [-0.25, -0.2) is 0 Å². The molecule has 3 rings (SSSR count). The van der Waals surface area contributed by atoms with Gasteiger partial charge in [-0.15, -0.1) is 0 Å². The molecule has 3 aromatic rings. The van der Waals surface area contributed by atoms with Crippen molar-refractivity contribution in [1.82, 2.24) is 4.90 Å². The molecular formula is C21H21NO3. The van der Waals surface area contributed by atoms with Gasteiger partial charge in [0, 0.05) is 14.1 Å². The van der Waals surface area contributed by atoms with E-state index < -0.39 is 0 Å². The van der Waals surface area contributed by atoms with Crippen molar-refractivity contribution in [2.75, 3.05) is 21.2 Å². The highest BCUT2D eigenvalue weighted by Crippen LogP contribution is 2.29. The zero-order valence-electron chi connectivity index (χ0n) is 14.7. The number of methoxy groups -OCH3 is 1. The second kappa shape index (κ2) is 7.26. The molecule has 0 unspecified atom stereocenters. The highest BCUT2D eigenvalue weighted by molar-refractivity contribution is 6.09. The Hall–Kier alpha value is -3.01. The van der Waals surface area contributed by atoms with Crippen LogP contribution in [-0.2, 0) is 6.61 Å². The van der Waals surface area contributed by atoms with Crippen LogP contribution in [0.3, 0.4) is 0 Å². The first-order chi connectivity index (χ1) is 12.1. The molecule has 0 aromatic heterocycles. The number of amides is 1. The minimum Gasteiger partial charge on any atom is -0.497 e. The number of carbonyl (C=O) groups excluding carboxylic acids is 1. The molecule has 0 bridgehead atoms. The van der Waals surface area contributed by atoms with Gasteiger partial charge in [-0.1, -0.05) is 42.5 Å². The molecule has 0 aliphatic rings. The lowest BCUT2D eigenvalue weighted by molar-refractivity contribution is 0.0825. The van der Waals surface area contributed by atoms with Crippen molar-refractivity contribution in [2.45, 2.75) is 6.61 Å². The monoisotopic (exact) mass is 335 g/mol. The molecule has 0 aliphatic carbocycles.